The van der Waals surface area contributed by atoms with Crippen LogP contribution in [0.3, 0.4) is 0 Å². The van der Waals surface area contributed by atoms with Gasteiger partial charge in [-0.1, -0.05) is 11.6 Å². The average Bonchev–Trinajstić information content (AvgIpc) is 2.68. The summed E-state index contributed by atoms with van der Waals surface area (Å²) in [4.78, 5) is 4.15. The van der Waals surface area contributed by atoms with Crippen molar-refractivity contribution in [3.8, 4) is 0 Å². The van der Waals surface area contributed by atoms with Crippen LogP contribution in [0.1, 0.15) is 17.3 Å². The second kappa shape index (κ2) is 2.73. The van der Waals surface area contributed by atoms with E-state index >= 15 is 0 Å². The van der Waals surface area contributed by atoms with E-state index < -0.39 is 0 Å². The van der Waals surface area contributed by atoms with Crippen molar-refractivity contribution in [3.63, 3.8) is 0 Å². The van der Waals surface area contributed by atoms with Gasteiger partial charge in [0.1, 0.15) is 4.34 Å². The fourth-order valence-corrected chi connectivity index (χ4v) is 2.33. The van der Waals surface area contributed by atoms with Crippen molar-refractivity contribution in [2.24, 2.45) is 5.92 Å². The van der Waals surface area contributed by atoms with Gasteiger partial charge in [-0.25, -0.2) is 4.98 Å². The molecular weight excluding hydrogens is 182 g/mol. The number of hydrogen-bond donors (Lipinski definition) is 1. The van der Waals surface area contributed by atoms with E-state index in [0.717, 1.165) is 15.8 Å². The molecule has 1 N–H and O–H groups in total. The molecule has 2 atom stereocenters. The number of aliphatic hydroxyl groups is 1. The summed E-state index contributed by atoms with van der Waals surface area (Å²) in [5.41, 5.74) is 0. The van der Waals surface area contributed by atoms with Crippen molar-refractivity contribution < 1.29 is 5.11 Å². The van der Waals surface area contributed by atoms with Crippen molar-refractivity contribution in [1.82, 2.24) is 4.98 Å². The predicted octanol–water partition coefficient (Wildman–Crippen LogP) is 1.89. The van der Waals surface area contributed by atoms with Crippen LogP contribution in [0.5, 0.6) is 0 Å². The van der Waals surface area contributed by atoms with Gasteiger partial charge in [-0.15, -0.1) is 11.3 Å². The van der Waals surface area contributed by atoms with Crippen LogP contribution in [0.4, 0.5) is 0 Å². The third-order valence-corrected chi connectivity index (χ3v) is 3.22. The number of nitrogens with zero attached hydrogens (tertiary/aromatic N) is 1. The zero-order chi connectivity index (χ0) is 7.84. The Hall–Kier alpha value is -0.120. The minimum Gasteiger partial charge on any atom is -0.396 e. The molecule has 0 radical (unpaired) electrons. The molecule has 2 nitrogen and oxygen atoms in total. The molecule has 0 saturated heterocycles. The average molecular weight is 190 g/mol. The Morgan fingerprint density at radius 1 is 1.82 bits per heavy atom. The molecule has 0 aromatic carbocycles. The van der Waals surface area contributed by atoms with Crippen LogP contribution in [-0.4, -0.2) is 16.7 Å². The van der Waals surface area contributed by atoms with Crippen LogP contribution >= 0.6 is 22.9 Å². The first-order valence-electron chi connectivity index (χ1n) is 3.53. The third kappa shape index (κ3) is 1.41. The van der Waals surface area contributed by atoms with Crippen molar-refractivity contribution >= 4 is 22.9 Å². The molecule has 11 heavy (non-hydrogen) atoms. The standard InChI is InChI=1S/C7H8ClNOS/c8-6-2-9-7(11-6)5-1-4(5)3-10/h2,4-5,10H,1,3H2. The molecule has 0 spiro atoms. The van der Waals surface area contributed by atoms with Gasteiger partial charge in [0.05, 0.1) is 11.2 Å². The molecule has 4 heteroatoms. The number of rotatable bonds is 2. The molecule has 1 fully saturated rings. The maximum absolute atomic E-state index is 8.79. The largest absolute Gasteiger partial charge is 0.396 e. The van der Waals surface area contributed by atoms with E-state index in [0.29, 0.717) is 11.8 Å². The van der Waals surface area contributed by atoms with Crippen LogP contribution in [0.25, 0.3) is 0 Å². The van der Waals surface area contributed by atoms with Gasteiger partial charge in [-0.3, -0.25) is 0 Å². The molecule has 0 aliphatic heterocycles. The van der Waals surface area contributed by atoms with Crippen LogP contribution in [-0.2, 0) is 0 Å². The Morgan fingerprint density at radius 3 is 3.09 bits per heavy atom. The van der Waals surface area contributed by atoms with E-state index in [1.54, 1.807) is 6.20 Å². The van der Waals surface area contributed by atoms with E-state index in [4.69, 9.17) is 16.7 Å². The maximum atomic E-state index is 8.79. The molecule has 2 rings (SSSR count). The lowest BCUT2D eigenvalue weighted by Gasteiger charge is -1.88. The van der Waals surface area contributed by atoms with Crippen molar-refractivity contribution in [1.29, 1.82) is 0 Å². The maximum Gasteiger partial charge on any atom is 0.113 e. The summed E-state index contributed by atoms with van der Waals surface area (Å²) in [5, 5.41) is 9.87. The highest BCUT2D eigenvalue weighted by atomic mass is 35.5. The van der Waals surface area contributed by atoms with Gasteiger partial charge in [0.25, 0.3) is 0 Å². The summed E-state index contributed by atoms with van der Waals surface area (Å²) in [6.45, 7) is 0.280. The quantitative estimate of drug-likeness (QED) is 0.771. The van der Waals surface area contributed by atoms with E-state index in [2.05, 4.69) is 4.98 Å². The van der Waals surface area contributed by atoms with Crippen LogP contribution < -0.4 is 0 Å². The second-order valence-electron chi connectivity index (χ2n) is 2.79. The van der Waals surface area contributed by atoms with Gasteiger partial charge < -0.3 is 5.11 Å². The molecule has 2 unspecified atom stereocenters. The number of aromatic nitrogens is 1. The number of halogens is 1. The zero-order valence-corrected chi connectivity index (χ0v) is 7.40. The molecule has 1 aliphatic rings. The SMILES string of the molecule is OCC1CC1c1ncc(Cl)s1. The zero-order valence-electron chi connectivity index (χ0n) is 5.83. The van der Waals surface area contributed by atoms with E-state index in [1.165, 1.54) is 11.3 Å². The van der Waals surface area contributed by atoms with Gasteiger partial charge in [-0.05, 0) is 12.3 Å². The molecule has 60 valence electrons. The number of aliphatic hydroxyl groups excluding tert-OH is 1. The lowest BCUT2D eigenvalue weighted by molar-refractivity contribution is 0.274. The number of thiazole rings is 1. The molecular formula is C7H8ClNOS. The highest BCUT2D eigenvalue weighted by Crippen LogP contribution is 2.48. The van der Waals surface area contributed by atoms with E-state index in [1.807, 2.05) is 0 Å². The molecule has 1 heterocycles. The molecule has 0 bridgehead atoms. The molecule has 1 saturated carbocycles. The summed E-state index contributed by atoms with van der Waals surface area (Å²) >= 11 is 7.24. The topological polar surface area (TPSA) is 33.1 Å². The Kier molecular flexibility index (Phi) is 1.87. The summed E-state index contributed by atoms with van der Waals surface area (Å²) in [7, 11) is 0. The van der Waals surface area contributed by atoms with Crippen molar-refractivity contribution in [3.05, 3.63) is 15.5 Å². The smallest absolute Gasteiger partial charge is 0.113 e. The van der Waals surface area contributed by atoms with E-state index in [9.17, 15) is 0 Å². The summed E-state index contributed by atoms with van der Waals surface area (Å²) in [6, 6.07) is 0. The summed E-state index contributed by atoms with van der Waals surface area (Å²) in [6.07, 6.45) is 2.74. The molecule has 0 amide bonds. The second-order valence-corrected chi connectivity index (χ2v) is 4.48. The first-order valence-corrected chi connectivity index (χ1v) is 4.73. The fourth-order valence-electron chi connectivity index (χ4n) is 1.19. The normalized spacial score (nSPS) is 28.9. The Balaban J connectivity index is 2.08. The lowest BCUT2D eigenvalue weighted by Crippen LogP contribution is -1.86. The minimum absolute atomic E-state index is 0.280. The van der Waals surface area contributed by atoms with Gasteiger partial charge in [0.15, 0.2) is 0 Å². The Labute approximate surface area is 73.8 Å². The Morgan fingerprint density at radius 2 is 2.64 bits per heavy atom. The summed E-state index contributed by atoms with van der Waals surface area (Å²) < 4.78 is 0.739. The van der Waals surface area contributed by atoms with Crippen LogP contribution in [0.15, 0.2) is 6.20 Å². The van der Waals surface area contributed by atoms with Crippen molar-refractivity contribution in [2.45, 2.75) is 12.3 Å². The Bertz CT molecular complexity index is 263. The molecule has 1 aliphatic carbocycles. The minimum atomic E-state index is 0.280. The molecule has 1 aromatic rings. The lowest BCUT2D eigenvalue weighted by atomic mass is 10.3. The van der Waals surface area contributed by atoms with E-state index in [-0.39, 0.29) is 6.61 Å². The first-order chi connectivity index (χ1) is 5.31. The molecule has 1 aromatic heterocycles. The highest BCUT2D eigenvalue weighted by molar-refractivity contribution is 7.15. The van der Waals surface area contributed by atoms with Gasteiger partial charge in [0, 0.05) is 12.5 Å². The predicted molar refractivity (Wildman–Crippen MR) is 45.1 cm³/mol. The van der Waals surface area contributed by atoms with Gasteiger partial charge in [0.2, 0.25) is 0 Å². The third-order valence-electron chi connectivity index (χ3n) is 1.97. The monoisotopic (exact) mass is 189 g/mol. The van der Waals surface area contributed by atoms with Crippen LogP contribution in [0.2, 0.25) is 4.34 Å². The highest BCUT2D eigenvalue weighted by Gasteiger charge is 2.39. The number of hydrogen-bond acceptors (Lipinski definition) is 3. The van der Waals surface area contributed by atoms with Gasteiger partial charge in [-0.2, -0.15) is 0 Å². The van der Waals surface area contributed by atoms with Gasteiger partial charge >= 0.3 is 0 Å². The summed E-state index contributed by atoms with van der Waals surface area (Å²) in [5.74, 6) is 0.926. The first kappa shape index (κ1) is 7.53. The fraction of sp³-hybridized carbons (Fsp3) is 0.571. The van der Waals surface area contributed by atoms with Crippen molar-refractivity contribution in [2.75, 3.05) is 6.61 Å². The van der Waals surface area contributed by atoms with Crippen LogP contribution in [0, 0.1) is 5.92 Å².